The van der Waals surface area contributed by atoms with Crippen molar-refractivity contribution >= 4 is 15.9 Å². The van der Waals surface area contributed by atoms with Gasteiger partial charge < -0.3 is 10.5 Å². The summed E-state index contributed by atoms with van der Waals surface area (Å²) in [6.07, 6.45) is -3.67. The maximum atomic E-state index is 12.3. The molecule has 0 aromatic heterocycles. The Morgan fingerprint density at radius 3 is 2.50 bits per heavy atom. The van der Waals surface area contributed by atoms with Crippen LogP contribution < -0.4 is 10.5 Å². The van der Waals surface area contributed by atoms with Crippen molar-refractivity contribution in [2.24, 2.45) is 5.73 Å². The van der Waals surface area contributed by atoms with Crippen LogP contribution in [-0.4, -0.2) is 13.2 Å². The highest BCUT2D eigenvalue weighted by molar-refractivity contribution is 9.10. The van der Waals surface area contributed by atoms with Crippen molar-refractivity contribution in [3.63, 3.8) is 0 Å². The van der Waals surface area contributed by atoms with Crippen LogP contribution in [0, 0.1) is 0 Å². The quantitative estimate of drug-likeness (QED) is 0.866. The molecule has 1 aromatic rings. The summed E-state index contributed by atoms with van der Waals surface area (Å²) in [7, 11) is 0. The SMILES string of the molecule is NCCCOc1ccc(C(F)(F)F)cc1Br. The Labute approximate surface area is 99.7 Å². The fraction of sp³-hybridized carbons (Fsp3) is 0.400. The van der Waals surface area contributed by atoms with Gasteiger partial charge in [-0.05, 0) is 47.1 Å². The van der Waals surface area contributed by atoms with E-state index in [1.807, 2.05) is 0 Å². The Balaban J connectivity index is 2.76. The molecule has 16 heavy (non-hydrogen) atoms. The summed E-state index contributed by atoms with van der Waals surface area (Å²) in [5, 5.41) is 0. The molecule has 1 rings (SSSR count). The molecule has 0 aliphatic heterocycles. The molecule has 0 radical (unpaired) electrons. The van der Waals surface area contributed by atoms with Crippen LogP contribution >= 0.6 is 15.9 Å². The second-order valence-corrected chi connectivity index (χ2v) is 3.99. The molecule has 0 saturated carbocycles. The molecule has 0 saturated heterocycles. The predicted octanol–water partition coefficient (Wildman–Crippen LogP) is 3.20. The van der Waals surface area contributed by atoms with Crippen molar-refractivity contribution in [3.05, 3.63) is 28.2 Å². The van der Waals surface area contributed by atoms with Crippen LogP contribution in [0.1, 0.15) is 12.0 Å². The first-order valence-corrected chi connectivity index (χ1v) is 5.44. The molecule has 6 heteroatoms. The van der Waals surface area contributed by atoms with Crippen LogP contribution in [0.2, 0.25) is 0 Å². The molecule has 0 fully saturated rings. The standard InChI is InChI=1S/C10H11BrF3NO/c11-8-6-7(10(12,13)14)2-3-9(8)16-5-1-4-15/h2-3,6H,1,4-5,15H2. The van der Waals surface area contributed by atoms with Crippen LogP contribution in [0.25, 0.3) is 0 Å². The lowest BCUT2D eigenvalue weighted by Crippen LogP contribution is -2.07. The number of benzene rings is 1. The molecule has 0 unspecified atom stereocenters. The van der Waals surface area contributed by atoms with Gasteiger partial charge in [0, 0.05) is 0 Å². The Morgan fingerprint density at radius 2 is 2.00 bits per heavy atom. The number of nitrogens with two attached hydrogens (primary N) is 1. The third kappa shape index (κ3) is 3.68. The van der Waals surface area contributed by atoms with Crippen LogP contribution in [0.3, 0.4) is 0 Å². The van der Waals surface area contributed by atoms with Crippen LogP contribution in [0.15, 0.2) is 22.7 Å². The van der Waals surface area contributed by atoms with Gasteiger partial charge in [-0.2, -0.15) is 13.2 Å². The van der Waals surface area contributed by atoms with E-state index in [0.29, 0.717) is 29.8 Å². The summed E-state index contributed by atoms with van der Waals surface area (Å²) in [6.45, 7) is 0.874. The lowest BCUT2D eigenvalue weighted by atomic mass is 10.2. The third-order valence-electron chi connectivity index (χ3n) is 1.87. The fourth-order valence-corrected chi connectivity index (χ4v) is 1.55. The van der Waals surface area contributed by atoms with Gasteiger partial charge in [0.25, 0.3) is 0 Å². The van der Waals surface area contributed by atoms with Crippen molar-refractivity contribution in [2.45, 2.75) is 12.6 Å². The minimum atomic E-state index is -4.34. The maximum Gasteiger partial charge on any atom is 0.416 e. The number of hydrogen-bond acceptors (Lipinski definition) is 2. The zero-order chi connectivity index (χ0) is 12.2. The van der Waals surface area contributed by atoms with E-state index >= 15 is 0 Å². The van der Waals surface area contributed by atoms with Gasteiger partial charge in [0.1, 0.15) is 5.75 Å². The van der Waals surface area contributed by atoms with Crippen LogP contribution in [0.4, 0.5) is 13.2 Å². The summed E-state index contributed by atoms with van der Waals surface area (Å²) in [5.41, 5.74) is 4.57. The minimum absolute atomic E-state index is 0.291. The smallest absolute Gasteiger partial charge is 0.416 e. The number of alkyl halides is 3. The first kappa shape index (κ1) is 13.3. The maximum absolute atomic E-state index is 12.3. The molecule has 0 spiro atoms. The molecular weight excluding hydrogens is 287 g/mol. The molecule has 0 bridgehead atoms. The lowest BCUT2D eigenvalue weighted by Gasteiger charge is -2.11. The van der Waals surface area contributed by atoms with Crippen LogP contribution in [0.5, 0.6) is 5.75 Å². The average molecular weight is 298 g/mol. The molecule has 0 atom stereocenters. The Morgan fingerprint density at radius 1 is 1.31 bits per heavy atom. The Kier molecular flexibility index (Phi) is 4.61. The van der Waals surface area contributed by atoms with E-state index in [1.165, 1.54) is 6.07 Å². The third-order valence-corrected chi connectivity index (χ3v) is 2.48. The molecule has 90 valence electrons. The van der Waals surface area contributed by atoms with Crippen LogP contribution in [-0.2, 0) is 6.18 Å². The van der Waals surface area contributed by atoms with Gasteiger partial charge in [-0.25, -0.2) is 0 Å². The first-order valence-electron chi connectivity index (χ1n) is 4.65. The number of rotatable bonds is 4. The summed E-state index contributed by atoms with van der Waals surface area (Å²) in [6, 6.07) is 3.28. The number of hydrogen-bond donors (Lipinski definition) is 1. The molecule has 0 amide bonds. The molecule has 0 aliphatic carbocycles. The highest BCUT2D eigenvalue weighted by atomic mass is 79.9. The van der Waals surface area contributed by atoms with E-state index in [9.17, 15) is 13.2 Å². The summed E-state index contributed by atoms with van der Waals surface area (Å²) in [5.74, 6) is 0.390. The van der Waals surface area contributed by atoms with Gasteiger partial charge in [-0.3, -0.25) is 0 Å². The molecule has 2 N–H and O–H groups in total. The van der Waals surface area contributed by atoms with Gasteiger partial charge >= 0.3 is 6.18 Å². The summed E-state index contributed by atoms with van der Waals surface area (Å²) < 4.78 is 42.5. The topological polar surface area (TPSA) is 35.2 Å². The van der Waals surface area contributed by atoms with E-state index in [2.05, 4.69) is 15.9 Å². The van der Waals surface area contributed by atoms with Gasteiger partial charge in [-0.1, -0.05) is 0 Å². The zero-order valence-corrected chi connectivity index (χ0v) is 9.94. The van der Waals surface area contributed by atoms with Gasteiger partial charge in [-0.15, -0.1) is 0 Å². The summed E-state index contributed by atoms with van der Waals surface area (Å²) in [4.78, 5) is 0. The molecule has 0 aliphatic rings. The van der Waals surface area contributed by atoms with E-state index in [0.717, 1.165) is 12.1 Å². The first-order chi connectivity index (χ1) is 7.45. The van der Waals surface area contributed by atoms with Crippen molar-refractivity contribution in [3.8, 4) is 5.75 Å². The Hall–Kier alpha value is -0.750. The van der Waals surface area contributed by atoms with E-state index in [-0.39, 0.29) is 0 Å². The second kappa shape index (κ2) is 5.54. The van der Waals surface area contributed by atoms with E-state index < -0.39 is 11.7 Å². The lowest BCUT2D eigenvalue weighted by molar-refractivity contribution is -0.137. The summed E-state index contributed by atoms with van der Waals surface area (Å²) >= 11 is 3.04. The Bertz CT molecular complexity index is 354. The van der Waals surface area contributed by atoms with Gasteiger partial charge in [0.05, 0.1) is 16.6 Å². The highest BCUT2D eigenvalue weighted by Crippen LogP contribution is 2.34. The molecule has 0 heterocycles. The van der Waals surface area contributed by atoms with Gasteiger partial charge in [0.15, 0.2) is 0 Å². The second-order valence-electron chi connectivity index (χ2n) is 3.13. The fourth-order valence-electron chi connectivity index (χ4n) is 1.06. The zero-order valence-electron chi connectivity index (χ0n) is 8.35. The predicted molar refractivity (Wildman–Crippen MR) is 58.3 cm³/mol. The molecule has 1 aromatic carbocycles. The van der Waals surface area contributed by atoms with E-state index in [1.54, 1.807) is 0 Å². The number of halogens is 4. The molecule has 2 nitrogen and oxygen atoms in total. The van der Waals surface area contributed by atoms with Gasteiger partial charge in [0.2, 0.25) is 0 Å². The molecular formula is C10H11BrF3NO. The number of ether oxygens (including phenoxy) is 1. The average Bonchev–Trinajstić information content (AvgIpc) is 2.19. The largest absolute Gasteiger partial charge is 0.492 e. The van der Waals surface area contributed by atoms with Crippen molar-refractivity contribution in [1.29, 1.82) is 0 Å². The van der Waals surface area contributed by atoms with E-state index in [4.69, 9.17) is 10.5 Å². The highest BCUT2D eigenvalue weighted by Gasteiger charge is 2.30. The minimum Gasteiger partial charge on any atom is -0.492 e. The normalized spacial score (nSPS) is 11.6. The van der Waals surface area contributed by atoms with Crippen molar-refractivity contribution < 1.29 is 17.9 Å². The van der Waals surface area contributed by atoms with Crippen molar-refractivity contribution in [1.82, 2.24) is 0 Å². The monoisotopic (exact) mass is 297 g/mol. The van der Waals surface area contributed by atoms with Crippen molar-refractivity contribution in [2.75, 3.05) is 13.2 Å².